The van der Waals surface area contributed by atoms with Crippen LogP contribution in [0.25, 0.3) is 0 Å². The lowest BCUT2D eigenvalue weighted by Gasteiger charge is -2.04. The van der Waals surface area contributed by atoms with Crippen molar-refractivity contribution in [3.8, 4) is 0 Å². The van der Waals surface area contributed by atoms with E-state index in [2.05, 4.69) is 4.98 Å². The first-order valence-electron chi connectivity index (χ1n) is 5.25. The first-order valence-corrected chi connectivity index (χ1v) is 5.25. The molecule has 1 aromatic carbocycles. The molecule has 0 saturated heterocycles. The highest BCUT2D eigenvalue weighted by Gasteiger charge is 2.07. The van der Waals surface area contributed by atoms with Crippen molar-refractivity contribution in [1.29, 1.82) is 0 Å². The SMILES string of the molecule is Cc1ccccc1CC(=O)c1ccncc1. The van der Waals surface area contributed by atoms with Crippen LogP contribution in [0.5, 0.6) is 0 Å². The lowest BCUT2D eigenvalue weighted by Crippen LogP contribution is -2.04. The van der Waals surface area contributed by atoms with E-state index in [0.29, 0.717) is 6.42 Å². The molecule has 0 spiro atoms. The number of aryl methyl sites for hydroxylation is 1. The Morgan fingerprint density at radius 3 is 2.50 bits per heavy atom. The highest BCUT2D eigenvalue weighted by molar-refractivity contribution is 5.97. The highest BCUT2D eigenvalue weighted by Crippen LogP contribution is 2.11. The molecule has 0 unspecified atom stereocenters. The van der Waals surface area contributed by atoms with Crippen molar-refractivity contribution in [2.24, 2.45) is 0 Å². The Balaban J connectivity index is 2.18. The standard InChI is InChI=1S/C14H13NO/c1-11-4-2-3-5-13(11)10-14(16)12-6-8-15-9-7-12/h2-9H,10H2,1H3. The van der Waals surface area contributed by atoms with Gasteiger partial charge in [0.1, 0.15) is 0 Å². The predicted octanol–water partition coefficient (Wildman–Crippen LogP) is 2.82. The number of nitrogens with zero attached hydrogens (tertiary/aromatic N) is 1. The average molecular weight is 211 g/mol. The summed E-state index contributed by atoms with van der Waals surface area (Å²) in [5, 5.41) is 0. The third-order valence-corrected chi connectivity index (χ3v) is 2.61. The van der Waals surface area contributed by atoms with Crippen LogP contribution in [-0.4, -0.2) is 10.8 Å². The Bertz CT molecular complexity index is 491. The Morgan fingerprint density at radius 1 is 1.12 bits per heavy atom. The minimum Gasteiger partial charge on any atom is -0.294 e. The molecule has 0 amide bonds. The van der Waals surface area contributed by atoms with Gasteiger partial charge in [0.2, 0.25) is 0 Å². The summed E-state index contributed by atoms with van der Waals surface area (Å²) in [6.07, 6.45) is 3.74. The van der Waals surface area contributed by atoms with E-state index in [9.17, 15) is 4.79 Å². The summed E-state index contributed by atoms with van der Waals surface area (Å²) < 4.78 is 0. The van der Waals surface area contributed by atoms with Crippen molar-refractivity contribution in [3.63, 3.8) is 0 Å². The van der Waals surface area contributed by atoms with Crippen LogP contribution < -0.4 is 0 Å². The van der Waals surface area contributed by atoms with Gasteiger partial charge < -0.3 is 0 Å². The number of Topliss-reactive ketones (excluding diaryl/α,β-unsaturated/α-hetero) is 1. The normalized spacial score (nSPS) is 10.1. The second kappa shape index (κ2) is 4.71. The Kier molecular flexibility index (Phi) is 3.10. The molecule has 2 heteroatoms. The van der Waals surface area contributed by atoms with E-state index in [1.165, 1.54) is 0 Å². The summed E-state index contributed by atoms with van der Waals surface area (Å²) in [6, 6.07) is 11.5. The monoisotopic (exact) mass is 211 g/mol. The van der Waals surface area contributed by atoms with Gasteiger partial charge in [0.15, 0.2) is 5.78 Å². The lowest BCUT2D eigenvalue weighted by atomic mass is 10.0. The van der Waals surface area contributed by atoms with Gasteiger partial charge in [-0.3, -0.25) is 9.78 Å². The molecule has 2 nitrogen and oxygen atoms in total. The van der Waals surface area contributed by atoms with Crippen LogP contribution >= 0.6 is 0 Å². The fraction of sp³-hybridized carbons (Fsp3) is 0.143. The van der Waals surface area contributed by atoms with Crippen LogP contribution in [-0.2, 0) is 6.42 Å². The molecule has 0 aliphatic rings. The highest BCUT2D eigenvalue weighted by atomic mass is 16.1. The fourth-order valence-corrected chi connectivity index (χ4v) is 1.62. The van der Waals surface area contributed by atoms with Crippen LogP contribution in [0, 0.1) is 6.92 Å². The number of rotatable bonds is 3. The van der Waals surface area contributed by atoms with E-state index in [-0.39, 0.29) is 5.78 Å². The molecule has 2 rings (SSSR count). The molecule has 0 aliphatic carbocycles. The third kappa shape index (κ3) is 2.34. The molecular weight excluding hydrogens is 198 g/mol. The molecular formula is C14H13NO. The van der Waals surface area contributed by atoms with Gasteiger partial charge >= 0.3 is 0 Å². The van der Waals surface area contributed by atoms with E-state index in [4.69, 9.17) is 0 Å². The number of hydrogen-bond acceptors (Lipinski definition) is 2. The van der Waals surface area contributed by atoms with Crippen molar-refractivity contribution in [3.05, 3.63) is 65.5 Å². The molecule has 1 heterocycles. The van der Waals surface area contributed by atoms with Gasteiger partial charge in [-0.25, -0.2) is 0 Å². The molecule has 0 bridgehead atoms. The van der Waals surface area contributed by atoms with Gasteiger partial charge in [-0.2, -0.15) is 0 Å². The lowest BCUT2D eigenvalue weighted by molar-refractivity contribution is 0.0992. The molecule has 0 aliphatic heterocycles. The minimum atomic E-state index is 0.136. The zero-order valence-electron chi connectivity index (χ0n) is 9.18. The molecule has 0 fully saturated rings. The third-order valence-electron chi connectivity index (χ3n) is 2.61. The number of aromatic nitrogens is 1. The average Bonchev–Trinajstić information content (AvgIpc) is 2.33. The summed E-state index contributed by atoms with van der Waals surface area (Å²) >= 11 is 0. The number of ketones is 1. The summed E-state index contributed by atoms with van der Waals surface area (Å²) in [6.45, 7) is 2.02. The second-order valence-corrected chi connectivity index (χ2v) is 3.76. The first-order chi connectivity index (χ1) is 7.77. The van der Waals surface area contributed by atoms with Gasteiger partial charge in [0.25, 0.3) is 0 Å². The van der Waals surface area contributed by atoms with E-state index >= 15 is 0 Å². The van der Waals surface area contributed by atoms with E-state index < -0.39 is 0 Å². The molecule has 0 radical (unpaired) electrons. The Labute approximate surface area is 95.0 Å². The van der Waals surface area contributed by atoms with Crippen LogP contribution in [0.3, 0.4) is 0 Å². The van der Waals surface area contributed by atoms with Gasteiger partial charge in [0.05, 0.1) is 0 Å². The molecule has 0 atom stereocenters. The van der Waals surface area contributed by atoms with Crippen molar-refractivity contribution < 1.29 is 4.79 Å². The maximum Gasteiger partial charge on any atom is 0.167 e. The van der Waals surface area contributed by atoms with E-state index in [0.717, 1.165) is 16.7 Å². The predicted molar refractivity (Wildman–Crippen MR) is 63.5 cm³/mol. The second-order valence-electron chi connectivity index (χ2n) is 3.76. The van der Waals surface area contributed by atoms with Crippen molar-refractivity contribution in [1.82, 2.24) is 4.98 Å². The van der Waals surface area contributed by atoms with Gasteiger partial charge in [-0.05, 0) is 30.2 Å². The minimum absolute atomic E-state index is 0.136. The molecule has 0 N–H and O–H groups in total. The topological polar surface area (TPSA) is 30.0 Å². The smallest absolute Gasteiger partial charge is 0.167 e. The Morgan fingerprint density at radius 2 is 1.81 bits per heavy atom. The molecule has 2 aromatic rings. The molecule has 1 aromatic heterocycles. The van der Waals surface area contributed by atoms with Crippen LogP contribution in [0.15, 0.2) is 48.8 Å². The first kappa shape index (κ1) is 10.6. The van der Waals surface area contributed by atoms with Crippen molar-refractivity contribution >= 4 is 5.78 Å². The summed E-state index contributed by atoms with van der Waals surface area (Å²) in [4.78, 5) is 15.8. The van der Waals surface area contributed by atoms with Crippen LogP contribution in [0.4, 0.5) is 0 Å². The quantitative estimate of drug-likeness (QED) is 0.731. The number of carbonyl (C=O) groups is 1. The van der Waals surface area contributed by atoms with Gasteiger partial charge in [-0.15, -0.1) is 0 Å². The van der Waals surface area contributed by atoms with E-state index in [1.54, 1.807) is 24.5 Å². The number of benzene rings is 1. The van der Waals surface area contributed by atoms with Gasteiger partial charge in [-0.1, -0.05) is 24.3 Å². The fourth-order valence-electron chi connectivity index (χ4n) is 1.62. The largest absolute Gasteiger partial charge is 0.294 e. The van der Waals surface area contributed by atoms with E-state index in [1.807, 2.05) is 31.2 Å². The molecule has 80 valence electrons. The Hall–Kier alpha value is -1.96. The maximum absolute atomic E-state index is 11.9. The van der Waals surface area contributed by atoms with Crippen LogP contribution in [0.2, 0.25) is 0 Å². The summed E-state index contributed by atoms with van der Waals surface area (Å²) in [5.41, 5.74) is 2.97. The van der Waals surface area contributed by atoms with Crippen molar-refractivity contribution in [2.45, 2.75) is 13.3 Å². The van der Waals surface area contributed by atoms with Crippen LogP contribution in [0.1, 0.15) is 21.5 Å². The number of hydrogen-bond donors (Lipinski definition) is 0. The number of carbonyl (C=O) groups excluding carboxylic acids is 1. The zero-order chi connectivity index (χ0) is 11.4. The van der Waals surface area contributed by atoms with Gasteiger partial charge in [0, 0.05) is 24.4 Å². The zero-order valence-corrected chi connectivity index (χ0v) is 9.18. The summed E-state index contributed by atoms with van der Waals surface area (Å²) in [7, 11) is 0. The maximum atomic E-state index is 11.9. The van der Waals surface area contributed by atoms with Crippen molar-refractivity contribution in [2.75, 3.05) is 0 Å². The summed E-state index contributed by atoms with van der Waals surface area (Å²) in [5.74, 6) is 0.136. The molecule has 0 saturated carbocycles. The molecule has 16 heavy (non-hydrogen) atoms. The number of pyridine rings is 1.